The fourth-order valence-electron chi connectivity index (χ4n) is 6.57. The Balaban J connectivity index is 1.00. The maximum atomic E-state index is 13.2. The second-order valence-corrected chi connectivity index (χ2v) is 13.2. The lowest BCUT2D eigenvalue weighted by molar-refractivity contribution is -0.138. The van der Waals surface area contributed by atoms with Gasteiger partial charge in [0, 0.05) is 56.9 Å². The van der Waals surface area contributed by atoms with Crippen molar-refractivity contribution in [2.45, 2.75) is 83.0 Å². The van der Waals surface area contributed by atoms with Crippen LogP contribution in [-0.4, -0.2) is 120 Å². The maximum Gasteiger partial charge on any atom is 0.407 e. The normalized spacial score (nSPS) is 24.0. The molecule has 1 unspecified atom stereocenters. The third-order valence-electron chi connectivity index (χ3n) is 8.86. The number of carbonyl (C=O) groups excluding carboxylic acids is 6. The summed E-state index contributed by atoms with van der Waals surface area (Å²) in [5.41, 5.74) is 0.295. The van der Waals surface area contributed by atoms with Crippen LogP contribution in [0.4, 0.5) is 10.5 Å². The number of anilines is 1. The molecular formula is C32H44N6O8. The SMILES string of the molecule is CC(C)(C)OC(=O)NC1CCC(N2CCN(C(=O)COCCNc3cccc4c3C(=O)N(C3CCC(=O)NC3=O)C4=O)CC2)CC1. The highest BCUT2D eigenvalue weighted by Gasteiger charge is 2.45. The molecule has 250 valence electrons. The fourth-order valence-corrected chi connectivity index (χ4v) is 6.57. The number of imide groups is 2. The number of rotatable bonds is 9. The molecule has 1 aromatic rings. The van der Waals surface area contributed by atoms with Crippen molar-refractivity contribution in [3.8, 4) is 0 Å². The van der Waals surface area contributed by atoms with E-state index in [2.05, 4.69) is 20.9 Å². The van der Waals surface area contributed by atoms with Crippen LogP contribution in [-0.2, 0) is 23.9 Å². The molecule has 6 amide bonds. The number of amides is 6. The third-order valence-corrected chi connectivity index (χ3v) is 8.86. The number of alkyl carbamates (subject to hydrolysis) is 1. The van der Waals surface area contributed by atoms with Crippen molar-refractivity contribution in [1.82, 2.24) is 25.3 Å². The first kappa shape index (κ1) is 33.3. The lowest BCUT2D eigenvalue weighted by atomic mass is 9.90. The Bertz CT molecular complexity index is 1360. The molecule has 1 aliphatic carbocycles. The number of ether oxygens (including phenoxy) is 2. The van der Waals surface area contributed by atoms with Crippen LogP contribution in [0.5, 0.6) is 0 Å². The Morgan fingerprint density at radius 1 is 0.957 bits per heavy atom. The van der Waals surface area contributed by atoms with Crippen molar-refractivity contribution in [1.29, 1.82) is 0 Å². The van der Waals surface area contributed by atoms with Gasteiger partial charge in [-0.2, -0.15) is 0 Å². The summed E-state index contributed by atoms with van der Waals surface area (Å²) in [5.74, 6) is -2.31. The molecule has 4 aliphatic rings. The summed E-state index contributed by atoms with van der Waals surface area (Å²) >= 11 is 0. The summed E-state index contributed by atoms with van der Waals surface area (Å²) in [7, 11) is 0. The van der Waals surface area contributed by atoms with E-state index in [9.17, 15) is 28.8 Å². The smallest absolute Gasteiger partial charge is 0.407 e. The molecule has 2 saturated heterocycles. The largest absolute Gasteiger partial charge is 0.444 e. The molecule has 14 heteroatoms. The first-order valence-corrected chi connectivity index (χ1v) is 16.1. The van der Waals surface area contributed by atoms with Gasteiger partial charge in [0.15, 0.2) is 0 Å². The van der Waals surface area contributed by atoms with Crippen molar-refractivity contribution in [3.63, 3.8) is 0 Å². The molecule has 0 aromatic heterocycles. The number of nitrogens with one attached hydrogen (secondary N) is 3. The van der Waals surface area contributed by atoms with E-state index in [4.69, 9.17) is 9.47 Å². The van der Waals surface area contributed by atoms with Gasteiger partial charge in [-0.25, -0.2) is 4.79 Å². The molecule has 0 spiro atoms. The fraction of sp³-hybridized carbons (Fsp3) is 0.625. The van der Waals surface area contributed by atoms with Crippen LogP contribution in [0.15, 0.2) is 18.2 Å². The van der Waals surface area contributed by atoms with Gasteiger partial charge in [-0.05, 0) is 65.0 Å². The highest BCUT2D eigenvalue weighted by atomic mass is 16.6. The van der Waals surface area contributed by atoms with Gasteiger partial charge in [-0.15, -0.1) is 0 Å². The van der Waals surface area contributed by atoms with E-state index in [1.54, 1.807) is 12.1 Å². The molecule has 1 aromatic carbocycles. The van der Waals surface area contributed by atoms with E-state index in [0.717, 1.165) is 43.7 Å². The van der Waals surface area contributed by atoms with Crippen molar-refractivity contribution in [2.24, 2.45) is 0 Å². The first-order valence-electron chi connectivity index (χ1n) is 16.1. The van der Waals surface area contributed by atoms with Crippen molar-refractivity contribution < 1.29 is 38.2 Å². The van der Waals surface area contributed by atoms with Gasteiger partial charge < -0.3 is 25.0 Å². The summed E-state index contributed by atoms with van der Waals surface area (Å²) in [4.78, 5) is 80.2. The number of hydrogen-bond acceptors (Lipinski definition) is 10. The lowest BCUT2D eigenvalue weighted by Gasteiger charge is -2.42. The molecule has 1 atom stereocenters. The van der Waals surface area contributed by atoms with Gasteiger partial charge in [-0.1, -0.05) is 6.07 Å². The van der Waals surface area contributed by atoms with Crippen LogP contribution < -0.4 is 16.0 Å². The van der Waals surface area contributed by atoms with Crippen LogP contribution in [0.25, 0.3) is 0 Å². The number of nitrogens with zero attached hydrogens (tertiary/aromatic N) is 3. The van der Waals surface area contributed by atoms with E-state index in [-0.39, 0.29) is 55.2 Å². The van der Waals surface area contributed by atoms with Crippen LogP contribution in [0.3, 0.4) is 0 Å². The Hall–Kier alpha value is -4.04. The van der Waals surface area contributed by atoms with Gasteiger partial charge in [0.25, 0.3) is 11.8 Å². The molecule has 0 bridgehead atoms. The molecule has 1 saturated carbocycles. The van der Waals surface area contributed by atoms with Crippen LogP contribution in [0.2, 0.25) is 0 Å². The minimum atomic E-state index is -1.03. The Morgan fingerprint density at radius 2 is 1.67 bits per heavy atom. The van der Waals surface area contributed by atoms with Gasteiger partial charge in [0.1, 0.15) is 18.2 Å². The monoisotopic (exact) mass is 640 g/mol. The highest BCUT2D eigenvalue weighted by Crippen LogP contribution is 2.32. The average Bonchev–Trinajstić information content (AvgIpc) is 3.26. The van der Waals surface area contributed by atoms with E-state index in [1.165, 1.54) is 6.07 Å². The molecule has 14 nitrogen and oxygen atoms in total. The third kappa shape index (κ3) is 7.84. The van der Waals surface area contributed by atoms with Gasteiger partial charge >= 0.3 is 6.09 Å². The maximum absolute atomic E-state index is 13.2. The number of piperidine rings is 1. The molecule has 46 heavy (non-hydrogen) atoms. The van der Waals surface area contributed by atoms with Crippen molar-refractivity contribution in [2.75, 3.05) is 51.3 Å². The second-order valence-electron chi connectivity index (χ2n) is 13.2. The summed E-state index contributed by atoms with van der Waals surface area (Å²) < 4.78 is 11.0. The first-order chi connectivity index (χ1) is 21.9. The van der Waals surface area contributed by atoms with E-state index in [0.29, 0.717) is 31.4 Å². The van der Waals surface area contributed by atoms with E-state index in [1.807, 2.05) is 25.7 Å². The standard InChI is InChI=1S/C32H44N6O8/c1-32(2,3)46-31(44)34-20-7-9-21(10-8-20)36-14-16-37(17-15-36)26(40)19-45-18-13-33-23-6-4-5-22-27(23)30(43)38(29(22)42)24-11-12-25(39)35-28(24)41/h4-6,20-21,24,33H,7-19H2,1-3H3,(H,34,44)(H,35,39,41). The topological polar surface area (TPSA) is 167 Å². The summed E-state index contributed by atoms with van der Waals surface area (Å²) in [5, 5.41) is 8.30. The zero-order valence-corrected chi connectivity index (χ0v) is 26.8. The summed E-state index contributed by atoms with van der Waals surface area (Å²) in [6, 6.07) is 4.39. The van der Waals surface area contributed by atoms with Gasteiger partial charge in [0.05, 0.1) is 17.7 Å². The molecular weight excluding hydrogens is 596 g/mol. The minimum absolute atomic E-state index is 0.0538. The number of carbonyl (C=O) groups is 6. The average molecular weight is 641 g/mol. The zero-order chi connectivity index (χ0) is 33.0. The number of hydrogen-bond donors (Lipinski definition) is 3. The van der Waals surface area contributed by atoms with Crippen molar-refractivity contribution >= 4 is 41.3 Å². The number of piperazine rings is 1. The Morgan fingerprint density at radius 3 is 2.35 bits per heavy atom. The van der Waals surface area contributed by atoms with E-state index < -0.39 is 35.3 Å². The summed E-state index contributed by atoms with van der Waals surface area (Å²) in [6.45, 7) is 8.85. The molecule has 5 rings (SSSR count). The molecule has 3 aliphatic heterocycles. The Kier molecular flexibility index (Phi) is 10.3. The van der Waals surface area contributed by atoms with Crippen LogP contribution >= 0.6 is 0 Å². The van der Waals surface area contributed by atoms with E-state index >= 15 is 0 Å². The minimum Gasteiger partial charge on any atom is -0.444 e. The molecule has 0 radical (unpaired) electrons. The lowest BCUT2D eigenvalue weighted by Crippen LogP contribution is -2.54. The summed E-state index contributed by atoms with van der Waals surface area (Å²) in [6.07, 6.45) is 3.56. The predicted octanol–water partition coefficient (Wildman–Crippen LogP) is 1.50. The Labute approximate surface area is 268 Å². The molecule has 3 N–H and O–H groups in total. The highest BCUT2D eigenvalue weighted by molar-refractivity contribution is 6.25. The zero-order valence-electron chi connectivity index (χ0n) is 26.8. The number of fused-ring (bicyclic) bond motifs is 1. The predicted molar refractivity (Wildman–Crippen MR) is 166 cm³/mol. The van der Waals surface area contributed by atoms with Crippen LogP contribution in [0.1, 0.15) is 80.0 Å². The van der Waals surface area contributed by atoms with Crippen LogP contribution in [0, 0.1) is 0 Å². The van der Waals surface area contributed by atoms with Crippen molar-refractivity contribution in [3.05, 3.63) is 29.3 Å². The second kappa shape index (κ2) is 14.2. The quantitative estimate of drug-likeness (QED) is 0.266. The van der Waals surface area contributed by atoms with Gasteiger partial charge in [-0.3, -0.25) is 39.1 Å². The molecule has 3 fully saturated rings. The molecule has 3 heterocycles. The number of benzene rings is 1. The van der Waals surface area contributed by atoms with Gasteiger partial charge in [0.2, 0.25) is 17.7 Å².